The van der Waals surface area contributed by atoms with Crippen LogP contribution in [0.5, 0.6) is 11.5 Å². The molecule has 0 aliphatic carbocycles. The molecule has 0 fully saturated rings. The Hall–Kier alpha value is -2.49. The molecule has 0 saturated carbocycles. The van der Waals surface area contributed by atoms with E-state index in [0.717, 1.165) is 11.3 Å². The Labute approximate surface area is 97.4 Å². The van der Waals surface area contributed by atoms with Crippen LogP contribution in [-0.4, -0.2) is 4.98 Å². The summed E-state index contributed by atoms with van der Waals surface area (Å²) in [5.74, 6) is 1.28. The Bertz CT molecular complexity index is 671. The van der Waals surface area contributed by atoms with Gasteiger partial charge in [-0.2, -0.15) is 0 Å². The summed E-state index contributed by atoms with van der Waals surface area (Å²) in [6.07, 6.45) is 1.79. The first-order chi connectivity index (χ1) is 8.24. The molecule has 0 radical (unpaired) electrons. The second kappa shape index (κ2) is 3.52. The van der Waals surface area contributed by atoms with E-state index in [1.807, 2.05) is 24.3 Å². The van der Waals surface area contributed by atoms with Crippen molar-refractivity contribution in [3.63, 3.8) is 0 Å². The Morgan fingerprint density at radius 1 is 1.06 bits per heavy atom. The maximum atomic E-state index is 11.3. The van der Waals surface area contributed by atoms with Crippen molar-refractivity contribution in [3.8, 4) is 11.5 Å². The number of rotatable bonds is 0. The van der Waals surface area contributed by atoms with E-state index in [9.17, 15) is 4.79 Å². The topological polar surface area (TPSA) is 68.1 Å². The molecule has 0 bridgehead atoms. The molecule has 0 amide bonds. The minimum absolute atomic E-state index is 0.199. The van der Waals surface area contributed by atoms with Crippen LogP contribution < -0.4 is 16.0 Å². The Balaban J connectivity index is 2.28. The number of nitrogens with one attached hydrogen (secondary N) is 1. The molecule has 17 heavy (non-hydrogen) atoms. The number of H-pyrrole nitrogens is 1. The second-order valence-corrected chi connectivity index (χ2v) is 3.80. The predicted molar refractivity (Wildman–Crippen MR) is 65.6 cm³/mol. The largest absolute Gasteiger partial charge is 0.454 e. The first-order valence-electron chi connectivity index (χ1n) is 5.22. The van der Waals surface area contributed by atoms with Gasteiger partial charge >= 0.3 is 0 Å². The molecule has 3 N–H and O–H groups in total. The normalized spacial score (nSPS) is 12.8. The molecule has 0 spiro atoms. The van der Waals surface area contributed by atoms with Crippen LogP contribution >= 0.6 is 0 Å². The van der Waals surface area contributed by atoms with Gasteiger partial charge in [-0.3, -0.25) is 4.79 Å². The molecule has 4 heteroatoms. The van der Waals surface area contributed by atoms with Crippen molar-refractivity contribution in [3.05, 3.63) is 58.0 Å². The number of benzene rings is 1. The molecule has 0 unspecified atom stereocenters. The number of hydrogen-bond donors (Lipinski definition) is 2. The smallest absolute Gasteiger partial charge is 0.248 e. The van der Waals surface area contributed by atoms with Gasteiger partial charge in [0, 0.05) is 11.6 Å². The molecule has 3 rings (SSSR count). The van der Waals surface area contributed by atoms with E-state index in [-0.39, 0.29) is 5.56 Å². The lowest BCUT2D eigenvalue weighted by atomic mass is 10.1. The molecule has 0 saturated heterocycles. The maximum Gasteiger partial charge on any atom is 0.248 e. The van der Waals surface area contributed by atoms with E-state index < -0.39 is 0 Å². The first-order valence-corrected chi connectivity index (χ1v) is 5.22. The Kier molecular flexibility index (Phi) is 2.01. The predicted octanol–water partition coefficient (Wildman–Crippen LogP) is 1.94. The highest BCUT2D eigenvalue weighted by Gasteiger charge is 2.14. The SMILES string of the molecule is NC1=Cc2ccccc2Oc2ccc(=O)[nH]c21. The van der Waals surface area contributed by atoms with Crippen LogP contribution in [-0.2, 0) is 0 Å². The fraction of sp³-hybridized carbons (Fsp3) is 0. The fourth-order valence-corrected chi connectivity index (χ4v) is 1.81. The molecule has 1 aromatic carbocycles. The quantitative estimate of drug-likeness (QED) is 0.721. The number of nitrogens with two attached hydrogens (primary N) is 1. The maximum absolute atomic E-state index is 11.3. The van der Waals surface area contributed by atoms with Crippen LogP contribution in [0.4, 0.5) is 0 Å². The third-order valence-electron chi connectivity index (χ3n) is 2.62. The highest BCUT2D eigenvalue weighted by Crippen LogP contribution is 2.33. The van der Waals surface area contributed by atoms with Crippen molar-refractivity contribution >= 4 is 11.8 Å². The molecular weight excluding hydrogens is 216 g/mol. The molecule has 2 heterocycles. The van der Waals surface area contributed by atoms with Crippen LogP contribution in [0.2, 0.25) is 0 Å². The standard InChI is InChI=1S/C13H10N2O2/c14-9-7-8-3-1-2-4-10(8)17-11-5-6-12(16)15-13(9)11/h1-7H,14H2,(H,15,16). The highest BCUT2D eigenvalue weighted by atomic mass is 16.5. The van der Waals surface area contributed by atoms with Crippen LogP contribution in [0, 0.1) is 0 Å². The summed E-state index contributed by atoms with van der Waals surface area (Å²) in [5.41, 5.74) is 7.64. The van der Waals surface area contributed by atoms with Gasteiger partial charge in [-0.1, -0.05) is 18.2 Å². The van der Waals surface area contributed by atoms with Crippen molar-refractivity contribution in [2.45, 2.75) is 0 Å². The molecule has 4 nitrogen and oxygen atoms in total. The van der Waals surface area contributed by atoms with Crippen LogP contribution in [0.15, 0.2) is 41.2 Å². The summed E-state index contributed by atoms with van der Waals surface area (Å²) in [6, 6.07) is 10.6. The van der Waals surface area contributed by atoms with Gasteiger partial charge in [0.05, 0.1) is 5.70 Å². The monoisotopic (exact) mass is 226 g/mol. The number of hydrogen-bond acceptors (Lipinski definition) is 3. The van der Waals surface area contributed by atoms with E-state index in [4.69, 9.17) is 10.5 Å². The van der Waals surface area contributed by atoms with Gasteiger partial charge < -0.3 is 15.5 Å². The zero-order chi connectivity index (χ0) is 11.8. The second-order valence-electron chi connectivity index (χ2n) is 3.80. The molecular formula is C13H10N2O2. The van der Waals surface area contributed by atoms with Gasteiger partial charge in [0.2, 0.25) is 5.56 Å². The van der Waals surface area contributed by atoms with E-state index in [1.165, 1.54) is 6.07 Å². The summed E-state index contributed by atoms with van der Waals surface area (Å²) >= 11 is 0. The third-order valence-corrected chi connectivity index (χ3v) is 2.62. The number of ether oxygens (including phenoxy) is 1. The molecule has 2 aromatic rings. The van der Waals surface area contributed by atoms with Gasteiger partial charge in [0.1, 0.15) is 11.4 Å². The number of para-hydroxylation sites is 1. The number of pyridine rings is 1. The number of fused-ring (bicyclic) bond motifs is 2. The average Bonchev–Trinajstić information content (AvgIpc) is 2.46. The van der Waals surface area contributed by atoms with Gasteiger partial charge in [0.15, 0.2) is 5.75 Å². The number of aromatic amines is 1. The molecule has 1 aliphatic heterocycles. The van der Waals surface area contributed by atoms with E-state index in [2.05, 4.69) is 4.98 Å². The molecule has 1 aliphatic rings. The van der Waals surface area contributed by atoms with E-state index in [1.54, 1.807) is 12.1 Å². The van der Waals surface area contributed by atoms with Crippen molar-refractivity contribution in [2.24, 2.45) is 5.73 Å². The van der Waals surface area contributed by atoms with Crippen LogP contribution in [0.1, 0.15) is 11.3 Å². The minimum Gasteiger partial charge on any atom is -0.454 e. The minimum atomic E-state index is -0.199. The summed E-state index contributed by atoms with van der Waals surface area (Å²) < 4.78 is 5.73. The van der Waals surface area contributed by atoms with Crippen molar-refractivity contribution in [1.29, 1.82) is 0 Å². The summed E-state index contributed by atoms with van der Waals surface area (Å²) in [6.45, 7) is 0. The van der Waals surface area contributed by atoms with Crippen molar-refractivity contribution in [1.82, 2.24) is 4.98 Å². The van der Waals surface area contributed by atoms with Gasteiger partial charge in [-0.25, -0.2) is 0 Å². The summed E-state index contributed by atoms with van der Waals surface area (Å²) in [4.78, 5) is 14.0. The summed E-state index contributed by atoms with van der Waals surface area (Å²) in [7, 11) is 0. The lowest BCUT2D eigenvalue weighted by Gasteiger charge is -2.08. The lowest BCUT2D eigenvalue weighted by Crippen LogP contribution is -2.10. The zero-order valence-corrected chi connectivity index (χ0v) is 8.94. The van der Waals surface area contributed by atoms with E-state index >= 15 is 0 Å². The Morgan fingerprint density at radius 2 is 1.88 bits per heavy atom. The zero-order valence-electron chi connectivity index (χ0n) is 8.94. The molecule has 0 atom stereocenters. The molecule has 84 valence electrons. The van der Waals surface area contributed by atoms with E-state index in [0.29, 0.717) is 17.1 Å². The van der Waals surface area contributed by atoms with Crippen LogP contribution in [0.25, 0.3) is 11.8 Å². The van der Waals surface area contributed by atoms with Gasteiger partial charge in [-0.05, 0) is 18.2 Å². The van der Waals surface area contributed by atoms with Crippen molar-refractivity contribution in [2.75, 3.05) is 0 Å². The molecule has 1 aromatic heterocycles. The third kappa shape index (κ3) is 1.59. The highest BCUT2D eigenvalue weighted by molar-refractivity contribution is 5.83. The van der Waals surface area contributed by atoms with Crippen LogP contribution in [0.3, 0.4) is 0 Å². The fourth-order valence-electron chi connectivity index (χ4n) is 1.81. The summed E-state index contributed by atoms with van der Waals surface area (Å²) in [5, 5.41) is 0. The Morgan fingerprint density at radius 3 is 2.76 bits per heavy atom. The number of aromatic nitrogens is 1. The first kappa shape index (κ1) is 9.72. The lowest BCUT2D eigenvalue weighted by molar-refractivity contribution is 0.478. The van der Waals surface area contributed by atoms with Crippen molar-refractivity contribution < 1.29 is 4.74 Å². The average molecular weight is 226 g/mol. The van der Waals surface area contributed by atoms with Gasteiger partial charge in [0.25, 0.3) is 0 Å². The van der Waals surface area contributed by atoms with Gasteiger partial charge in [-0.15, -0.1) is 0 Å².